The fourth-order valence-electron chi connectivity index (χ4n) is 5.03. The van der Waals surface area contributed by atoms with E-state index in [1.807, 2.05) is 91.0 Å². The number of carbonyl (C=O) groups excluding carboxylic acids is 3. The predicted molar refractivity (Wildman–Crippen MR) is 171 cm³/mol. The van der Waals surface area contributed by atoms with Gasteiger partial charge in [-0.1, -0.05) is 91.0 Å². The van der Waals surface area contributed by atoms with Crippen LogP contribution in [0.1, 0.15) is 36.0 Å². The van der Waals surface area contributed by atoms with Crippen LogP contribution in [0.4, 0.5) is 0 Å². The maximum absolute atomic E-state index is 12.7. The largest absolute Gasteiger partial charge is 0.462 e. The molecule has 11 nitrogen and oxygen atoms in total. The van der Waals surface area contributed by atoms with Gasteiger partial charge in [0.25, 0.3) is 0 Å². The van der Waals surface area contributed by atoms with E-state index in [0.717, 1.165) is 16.7 Å². The zero-order valence-electron chi connectivity index (χ0n) is 26.2. The molecule has 1 amide bonds. The lowest BCUT2D eigenvalue weighted by molar-refractivity contribution is -0.299. The number of benzene rings is 3. The Bertz CT molecular complexity index is 1370. The Hall–Kier alpha value is -4.13. The number of aliphatic hydroxyl groups is 3. The van der Waals surface area contributed by atoms with Crippen molar-refractivity contribution >= 4 is 17.8 Å². The van der Waals surface area contributed by atoms with Gasteiger partial charge in [0.15, 0.2) is 12.4 Å². The Morgan fingerprint density at radius 2 is 1.17 bits per heavy atom. The van der Waals surface area contributed by atoms with Gasteiger partial charge in [0.2, 0.25) is 5.91 Å². The van der Waals surface area contributed by atoms with Crippen molar-refractivity contribution < 1.29 is 48.7 Å². The lowest BCUT2D eigenvalue weighted by Gasteiger charge is -2.40. The van der Waals surface area contributed by atoms with Crippen LogP contribution < -0.4 is 5.32 Å². The molecule has 0 bridgehead atoms. The molecule has 11 heteroatoms. The van der Waals surface area contributed by atoms with Crippen molar-refractivity contribution in [1.29, 1.82) is 0 Å². The standard InChI is InChI=1S/C36H43NO10/c38-30(19-16-25-10-4-1-5-11-25)37-22-29-33(41)34(42)35(43)36(47-29)45-24-28(46-32(40)21-18-27-14-8-3-9-15-27)23-44-31(39)20-17-26-12-6-2-7-13-26/h1-15,28-29,33-36,41-43H,16-24H2,(H,37,38)/t28-,29-,33-,34+,35+,36+/m1/s1. The van der Waals surface area contributed by atoms with Gasteiger partial charge in [0, 0.05) is 25.8 Å². The van der Waals surface area contributed by atoms with Gasteiger partial charge in [0.05, 0.1) is 6.61 Å². The number of nitrogens with one attached hydrogen (secondary N) is 1. The fraction of sp³-hybridized carbons (Fsp3) is 0.417. The summed E-state index contributed by atoms with van der Waals surface area (Å²) in [6, 6.07) is 28.4. The van der Waals surface area contributed by atoms with E-state index < -0.39 is 48.7 Å². The molecular formula is C36H43NO10. The van der Waals surface area contributed by atoms with E-state index >= 15 is 0 Å². The van der Waals surface area contributed by atoms with Crippen molar-refractivity contribution in [3.8, 4) is 0 Å². The minimum Gasteiger partial charge on any atom is -0.462 e. The molecule has 4 N–H and O–H groups in total. The van der Waals surface area contributed by atoms with Crippen LogP contribution in [0.15, 0.2) is 91.0 Å². The molecule has 1 heterocycles. The van der Waals surface area contributed by atoms with E-state index in [0.29, 0.717) is 19.3 Å². The van der Waals surface area contributed by atoms with Crippen molar-refractivity contribution in [2.24, 2.45) is 0 Å². The summed E-state index contributed by atoms with van der Waals surface area (Å²) in [5.74, 6) is -1.31. The SMILES string of the molecule is O=C(CCc1ccccc1)NC[C@H]1O[C@H](OC[C@@H](COC(=O)CCc2ccccc2)OC(=O)CCc2ccccc2)[C@@H](O)[C@@H](O)[C@@H]1O. The van der Waals surface area contributed by atoms with Crippen molar-refractivity contribution in [2.45, 2.75) is 75.3 Å². The van der Waals surface area contributed by atoms with Gasteiger partial charge in [-0.3, -0.25) is 14.4 Å². The highest BCUT2D eigenvalue weighted by Gasteiger charge is 2.44. The molecule has 3 aromatic rings. The molecule has 0 spiro atoms. The van der Waals surface area contributed by atoms with E-state index in [2.05, 4.69) is 5.32 Å². The maximum atomic E-state index is 12.7. The van der Waals surface area contributed by atoms with E-state index in [-0.39, 0.29) is 44.9 Å². The van der Waals surface area contributed by atoms with E-state index in [9.17, 15) is 29.7 Å². The Kier molecular flexibility index (Phi) is 14.3. The highest BCUT2D eigenvalue weighted by Crippen LogP contribution is 2.22. The predicted octanol–water partition coefficient (Wildman–Crippen LogP) is 2.28. The monoisotopic (exact) mass is 649 g/mol. The number of aryl methyl sites for hydroxylation is 3. The average molecular weight is 650 g/mol. The van der Waals surface area contributed by atoms with Crippen molar-refractivity contribution in [1.82, 2.24) is 5.32 Å². The minimum absolute atomic E-state index is 0.0714. The van der Waals surface area contributed by atoms with Gasteiger partial charge in [-0.15, -0.1) is 0 Å². The third-order valence-corrected chi connectivity index (χ3v) is 7.75. The number of ether oxygens (including phenoxy) is 4. The Labute approximate surface area is 274 Å². The molecule has 1 aliphatic heterocycles. The zero-order valence-corrected chi connectivity index (χ0v) is 26.2. The van der Waals surface area contributed by atoms with E-state index in [1.165, 1.54) is 0 Å². The molecule has 0 aromatic heterocycles. The molecule has 4 rings (SSSR count). The lowest BCUT2D eigenvalue weighted by Crippen LogP contribution is -2.60. The quantitative estimate of drug-likeness (QED) is 0.160. The summed E-state index contributed by atoms with van der Waals surface area (Å²) in [4.78, 5) is 37.6. The first-order chi connectivity index (χ1) is 22.8. The molecule has 6 atom stereocenters. The zero-order chi connectivity index (χ0) is 33.4. The number of aliphatic hydroxyl groups excluding tert-OH is 3. The van der Waals surface area contributed by atoms with Crippen LogP contribution in [0.25, 0.3) is 0 Å². The van der Waals surface area contributed by atoms with E-state index in [4.69, 9.17) is 18.9 Å². The van der Waals surface area contributed by atoms with Crippen molar-refractivity contribution in [2.75, 3.05) is 19.8 Å². The smallest absolute Gasteiger partial charge is 0.306 e. The molecule has 0 saturated carbocycles. The highest BCUT2D eigenvalue weighted by atomic mass is 16.7. The highest BCUT2D eigenvalue weighted by molar-refractivity contribution is 5.76. The third-order valence-electron chi connectivity index (χ3n) is 7.75. The molecule has 252 valence electrons. The molecule has 3 aromatic carbocycles. The summed E-state index contributed by atoms with van der Waals surface area (Å²) in [5, 5.41) is 34.3. The number of hydrogen-bond acceptors (Lipinski definition) is 10. The topological polar surface area (TPSA) is 161 Å². The molecule has 0 unspecified atom stereocenters. The first kappa shape index (κ1) is 35.7. The second kappa shape index (κ2) is 18.9. The molecule has 1 saturated heterocycles. The van der Waals surface area contributed by atoms with Crippen molar-refractivity contribution in [3.63, 3.8) is 0 Å². The summed E-state index contributed by atoms with van der Waals surface area (Å²) in [6.07, 6.45) is -6.51. The molecular weight excluding hydrogens is 606 g/mol. The molecule has 0 radical (unpaired) electrons. The first-order valence-electron chi connectivity index (χ1n) is 15.8. The summed E-state index contributed by atoms with van der Waals surface area (Å²) >= 11 is 0. The molecule has 1 fully saturated rings. The van der Waals surface area contributed by atoms with Gasteiger partial charge >= 0.3 is 11.9 Å². The fourth-order valence-corrected chi connectivity index (χ4v) is 5.03. The summed E-state index contributed by atoms with van der Waals surface area (Å²) in [5.41, 5.74) is 2.93. The number of rotatable bonds is 17. The van der Waals surface area contributed by atoms with Crippen LogP contribution in [0.3, 0.4) is 0 Å². The minimum atomic E-state index is -1.64. The molecule has 47 heavy (non-hydrogen) atoms. The number of carbonyl (C=O) groups is 3. The normalized spacial score (nSPS) is 21.4. The van der Waals surface area contributed by atoms with E-state index in [1.54, 1.807) is 0 Å². The molecule has 1 aliphatic rings. The van der Waals surface area contributed by atoms with Gasteiger partial charge < -0.3 is 39.6 Å². The van der Waals surface area contributed by atoms with Crippen LogP contribution in [0.2, 0.25) is 0 Å². The van der Waals surface area contributed by atoms with Gasteiger partial charge in [-0.2, -0.15) is 0 Å². The second-order valence-corrected chi connectivity index (χ2v) is 11.4. The Morgan fingerprint density at radius 3 is 1.72 bits per heavy atom. The summed E-state index contributed by atoms with van der Waals surface area (Å²) in [6.45, 7) is -0.793. The van der Waals surface area contributed by atoms with Crippen LogP contribution in [-0.4, -0.2) is 89.7 Å². The molecule has 0 aliphatic carbocycles. The Balaban J connectivity index is 1.30. The van der Waals surface area contributed by atoms with Crippen LogP contribution in [0.5, 0.6) is 0 Å². The second-order valence-electron chi connectivity index (χ2n) is 11.4. The number of amides is 1. The van der Waals surface area contributed by atoms with Crippen LogP contribution in [-0.2, 0) is 52.6 Å². The van der Waals surface area contributed by atoms with Gasteiger partial charge in [-0.05, 0) is 36.0 Å². The van der Waals surface area contributed by atoms with Crippen LogP contribution in [0, 0.1) is 0 Å². The average Bonchev–Trinajstić information content (AvgIpc) is 3.10. The van der Waals surface area contributed by atoms with Gasteiger partial charge in [-0.25, -0.2) is 0 Å². The third kappa shape index (κ3) is 12.2. The Morgan fingerprint density at radius 1 is 0.660 bits per heavy atom. The van der Waals surface area contributed by atoms with Gasteiger partial charge in [0.1, 0.15) is 31.0 Å². The summed E-state index contributed by atoms with van der Waals surface area (Å²) < 4.78 is 22.4. The first-order valence-corrected chi connectivity index (χ1v) is 15.8. The number of hydrogen-bond donors (Lipinski definition) is 4. The number of esters is 2. The van der Waals surface area contributed by atoms with Crippen molar-refractivity contribution in [3.05, 3.63) is 108 Å². The summed E-state index contributed by atoms with van der Waals surface area (Å²) in [7, 11) is 0. The maximum Gasteiger partial charge on any atom is 0.306 e. The van der Waals surface area contributed by atoms with Crippen LogP contribution >= 0.6 is 0 Å². The lowest BCUT2D eigenvalue weighted by atomic mass is 9.98.